The minimum absolute atomic E-state index is 0.0363. The van der Waals surface area contributed by atoms with E-state index in [4.69, 9.17) is 4.98 Å². The molecule has 1 saturated heterocycles. The molecule has 2 N–H and O–H groups in total. The van der Waals surface area contributed by atoms with E-state index in [-0.39, 0.29) is 11.9 Å². The molecule has 0 unspecified atom stereocenters. The van der Waals surface area contributed by atoms with Crippen LogP contribution in [0, 0.1) is 0 Å². The summed E-state index contributed by atoms with van der Waals surface area (Å²) >= 11 is 0. The number of carbonyl (C=O) groups is 1. The SMILES string of the molecule is O=C(N[C@H]1CCCNC1)c1cc(C2CC2)nc2ccccc12. The highest BCUT2D eigenvalue weighted by molar-refractivity contribution is 6.06. The van der Waals surface area contributed by atoms with Crippen LogP contribution in [0.4, 0.5) is 0 Å². The molecule has 4 heteroatoms. The first kappa shape index (κ1) is 13.7. The number of para-hydroxylation sites is 1. The summed E-state index contributed by atoms with van der Waals surface area (Å²) in [6.45, 7) is 1.92. The second-order valence-corrected chi connectivity index (χ2v) is 6.40. The summed E-state index contributed by atoms with van der Waals surface area (Å²) in [4.78, 5) is 17.5. The Kier molecular flexibility index (Phi) is 3.54. The summed E-state index contributed by atoms with van der Waals surface area (Å²) in [5.41, 5.74) is 2.78. The lowest BCUT2D eigenvalue weighted by atomic mass is 10.0. The van der Waals surface area contributed by atoms with Gasteiger partial charge in [0.05, 0.1) is 11.1 Å². The summed E-state index contributed by atoms with van der Waals surface area (Å²) < 4.78 is 0. The van der Waals surface area contributed by atoms with E-state index < -0.39 is 0 Å². The Labute approximate surface area is 130 Å². The molecule has 1 atom stereocenters. The number of nitrogens with zero attached hydrogens (tertiary/aromatic N) is 1. The quantitative estimate of drug-likeness (QED) is 0.915. The zero-order chi connectivity index (χ0) is 14.9. The highest BCUT2D eigenvalue weighted by atomic mass is 16.1. The topological polar surface area (TPSA) is 54.0 Å². The van der Waals surface area contributed by atoms with Gasteiger partial charge in [-0.25, -0.2) is 0 Å². The number of fused-ring (bicyclic) bond motifs is 1. The lowest BCUT2D eigenvalue weighted by molar-refractivity contribution is 0.0932. The zero-order valence-corrected chi connectivity index (χ0v) is 12.6. The molecule has 1 aromatic heterocycles. The maximum Gasteiger partial charge on any atom is 0.252 e. The van der Waals surface area contributed by atoms with Crippen molar-refractivity contribution in [2.75, 3.05) is 13.1 Å². The monoisotopic (exact) mass is 295 g/mol. The Balaban J connectivity index is 1.67. The second kappa shape index (κ2) is 5.69. The molecule has 2 aliphatic rings. The van der Waals surface area contributed by atoms with Crippen molar-refractivity contribution in [1.29, 1.82) is 0 Å². The van der Waals surface area contributed by atoms with Gasteiger partial charge in [-0.3, -0.25) is 9.78 Å². The molecule has 1 saturated carbocycles. The highest BCUT2D eigenvalue weighted by Gasteiger charge is 2.27. The Morgan fingerprint density at radius 1 is 1.23 bits per heavy atom. The normalized spacial score (nSPS) is 21.7. The molecule has 0 spiro atoms. The smallest absolute Gasteiger partial charge is 0.252 e. The molecule has 2 fully saturated rings. The molecule has 1 aromatic carbocycles. The summed E-state index contributed by atoms with van der Waals surface area (Å²) in [6.07, 6.45) is 4.56. The van der Waals surface area contributed by atoms with Gasteiger partial charge in [0.15, 0.2) is 0 Å². The third-order valence-corrected chi connectivity index (χ3v) is 4.61. The van der Waals surface area contributed by atoms with Crippen LogP contribution in [0.15, 0.2) is 30.3 Å². The molecular weight excluding hydrogens is 274 g/mol. The third kappa shape index (κ3) is 2.71. The number of rotatable bonds is 3. The molecule has 1 aliphatic carbocycles. The largest absolute Gasteiger partial charge is 0.348 e. The summed E-state index contributed by atoms with van der Waals surface area (Å²) in [6, 6.07) is 10.2. The van der Waals surface area contributed by atoms with E-state index in [1.807, 2.05) is 30.3 Å². The van der Waals surface area contributed by atoms with Gasteiger partial charge in [0.25, 0.3) is 5.91 Å². The van der Waals surface area contributed by atoms with Gasteiger partial charge in [-0.05, 0) is 44.4 Å². The molecule has 1 aliphatic heterocycles. The highest BCUT2D eigenvalue weighted by Crippen LogP contribution is 2.40. The van der Waals surface area contributed by atoms with Crippen LogP contribution in [0.25, 0.3) is 10.9 Å². The minimum Gasteiger partial charge on any atom is -0.348 e. The van der Waals surface area contributed by atoms with Crippen LogP contribution >= 0.6 is 0 Å². The first-order chi connectivity index (χ1) is 10.8. The van der Waals surface area contributed by atoms with Crippen molar-refractivity contribution in [3.05, 3.63) is 41.6 Å². The number of carbonyl (C=O) groups excluding carboxylic acids is 1. The number of pyridine rings is 1. The Bertz CT molecular complexity index is 703. The maximum atomic E-state index is 12.8. The summed E-state index contributed by atoms with van der Waals surface area (Å²) in [5.74, 6) is 0.585. The standard InChI is InChI=1S/C18H21N3O/c22-18(20-13-4-3-9-19-11-13)15-10-17(12-7-8-12)21-16-6-2-1-5-14(15)16/h1-2,5-6,10,12-13,19H,3-4,7-9,11H2,(H,20,22)/t13-/m0/s1. The van der Waals surface area contributed by atoms with Crippen molar-refractivity contribution in [3.63, 3.8) is 0 Å². The van der Waals surface area contributed by atoms with Crippen molar-refractivity contribution in [3.8, 4) is 0 Å². The fourth-order valence-electron chi connectivity index (χ4n) is 3.21. The fourth-order valence-corrected chi connectivity index (χ4v) is 3.21. The van der Waals surface area contributed by atoms with Crippen LogP contribution < -0.4 is 10.6 Å². The van der Waals surface area contributed by atoms with Crippen molar-refractivity contribution >= 4 is 16.8 Å². The van der Waals surface area contributed by atoms with Crippen LogP contribution in [0.2, 0.25) is 0 Å². The van der Waals surface area contributed by atoms with Crippen molar-refractivity contribution in [2.24, 2.45) is 0 Å². The molecule has 2 aromatic rings. The van der Waals surface area contributed by atoms with E-state index in [1.54, 1.807) is 0 Å². The van der Waals surface area contributed by atoms with Gasteiger partial charge in [0, 0.05) is 29.6 Å². The Morgan fingerprint density at radius 2 is 2.09 bits per heavy atom. The number of piperidine rings is 1. The fraction of sp³-hybridized carbons (Fsp3) is 0.444. The minimum atomic E-state index is 0.0363. The molecular formula is C18H21N3O. The average Bonchev–Trinajstić information content (AvgIpc) is 3.39. The van der Waals surface area contributed by atoms with Gasteiger partial charge in [-0.1, -0.05) is 18.2 Å². The second-order valence-electron chi connectivity index (χ2n) is 6.40. The molecule has 2 heterocycles. The van der Waals surface area contributed by atoms with Gasteiger partial charge in [-0.2, -0.15) is 0 Å². The van der Waals surface area contributed by atoms with Crippen LogP contribution in [0.3, 0.4) is 0 Å². The number of benzene rings is 1. The van der Waals surface area contributed by atoms with Gasteiger partial charge in [0.2, 0.25) is 0 Å². The van der Waals surface area contributed by atoms with E-state index >= 15 is 0 Å². The van der Waals surface area contributed by atoms with Crippen LogP contribution in [0.1, 0.15) is 47.7 Å². The average molecular weight is 295 g/mol. The first-order valence-corrected chi connectivity index (χ1v) is 8.22. The molecule has 4 rings (SSSR count). The number of aromatic nitrogens is 1. The van der Waals surface area contributed by atoms with E-state index in [0.29, 0.717) is 5.92 Å². The lowest BCUT2D eigenvalue weighted by Crippen LogP contribution is -2.45. The zero-order valence-electron chi connectivity index (χ0n) is 12.6. The number of nitrogens with one attached hydrogen (secondary N) is 2. The Morgan fingerprint density at radius 3 is 2.86 bits per heavy atom. The predicted octanol–water partition coefficient (Wildman–Crippen LogP) is 2.59. The summed E-state index contributed by atoms with van der Waals surface area (Å²) in [5, 5.41) is 7.48. The van der Waals surface area contributed by atoms with Crippen LogP contribution in [-0.4, -0.2) is 30.0 Å². The molecule has 0 radical (unpaired) electrons. The predicted molar refractivity (Wildman–Crippen MR) is 87.1 cm³/mol. The number of amides is 1. The van der Waals surface area contributed by atoms with Gasteiger partial charge in [-0.15, -0.1) is 0 Å². The lowest BCUT2D eigenvalue weighted by Gasteiger charge is -2.24. The summed E-state index contributed by atoms with van der Waals surface area (Å²) in [7, 11) is 0. The van der Waals surface area contributed by atoms with Crippen molar-refractivity contribution in [2.45, 2.75) is 37.6 Å². The van der Waals surface area contributed by atoms with Crippen LogP contribution in [0.5, 0.6) is 0 Å². The maximum absolute atomic E-state index is 12.8. The first-order valence-electron chi connectivity index (χ1n) is 8.22. The Hall–Kier alpha value is -1.94. The molecule has 0 bridgehead atoms. The molecule has 4 nitrogen and oxygen atoms in total. The third-order valence-electron chi connectivity index (χ3n) is 4.61. The van der Waals surface area contributed by atoms with Crippen LogP contribution in [-0.2, 0) is 0 Å². The molecule has 1 amide bonds. The molecule has 114 valence electrons. The van der Waals surface area contributed by atoms with E-state index in [2.05, 4.69) is 10.6 Å². The van der Waals surface area contributed by atoms with Gasteiger partial charge < -0.3 is 10.6 Å². The van der Waals surface area contributed by atoms with Crippen molar-refractivity contribution < 1.29 is 4.79 Å². The molecule has 22 heavy (non-hydrogen) atoms. The van der Waals surface area contributed by atoms with Gasteiger partial charge in [0.1, 0.15) is 0 Å². The van der Waals surface area contributed by atoms with E-state index in [1.165, 1.54) is 12.8 Å². The van der Waals surface area contributed by atoms with Crippen molar-refractivity contribution in [1.82, 2.24) is 15.6 Å². The van der Waals surface area contributed by atoms with E-state index in [9.17, 15) is 4.79 Å². The van der Waals surface area contributed by atoms with Gasteiger partial charge >= 0.3 is 0 Å². The number of hydrogen-bond acceptors (Lipinski definition) is 3. The number of hydrogen-bond donors (Lipinski definition) is 2. The van der Waals surface area contributed by atoms with E-state index in [0.717, 1.165) is 48.1 Å².